The molecule has 6 heteroatoms. The Hall–Kier alpha value is -2.37. The predicted molar refractivity (Wildman–Crippen MR) is 86.3 cm³/mol. The second-order valence-corrected chi connectivity index (χ2v) is 5.20. The van der Waals surface area contributed by atoms with Gasteiger partial charge in [-0.2, -0.15) is 5.10 Å². The van der Waals surface area contributed by atoms with Crippen LogP contribution in [0.3, 0.4) is 0 Å². The molecule has 1 heterocycles. The summed E-state index contributed by atoms with van der Waals surface area (Å²) >= 11 is 0. The molecule has 5 nitrogen and oxygen atoms in total. The van der Waals surface area contributed by atoms with Crippen LogP contribution in [0.4, 0.5) is 4.39 Å². The fraction of sp³-hybridized carbons (Fsp3) is 0.375. The maximum absolute atomic E-state index is 13.1. The van der Waals surface area contributed by atoms with Crippen molar-refractivity contribution in [3.05, 3.63) is 53.1 Å². The van der Waals surface area contributed by atoms with Crippen LogP contribution in [-0.4, -0.2) is 29.3 Å². The summed E-state index contributed by atoms with van der Waals surface area (Å²) in [5.41, 5.74) is 3.21. The van der Waals surface area contributed by atoms with Gasteiger partial charge in [0, 0.05) is 38.9 Å². The Balaban J connectivity index is 1.79. The highest BCUT2D eigenvalue weighted by atomic mass is 19.1. The van der Waals surface area contributed by atoms with Crippen LogP contribution in [0.1, 0.15) is 16.7 Å². The van der Waals surface area contributed by atoms with Gasteiger partial charge in [0.2, 0.25) is 0 Å². The van der Waals surface area contributed by atoms with Crippen LogP contribution >= 0.6 is 0 Å². The number of hydrogen-bond acceptors (Lipinski definition) is 2. The number of aliphatic imine (C=N–C) groups is 1. The van der Waals surface area contributed by atoms with E-state index in [-0.39, 0.29) is 5.82 Å². The summed E-state index contributed by atoms with van der Waals surface area (Å²) in [7, 11) is 3.63. The van der Waals surface area contributed by atoms with E-state index in [1.54, 1.807) is 17.8 Å². The molecule has 0 aliphatic carbocycles. The van der Waals surface area contributed by atoms with Gasteiger partial charge < -0.3 is 10.6 Å². The summed E-state index contributed by atoms with van der Waals surface area (Å²) in [5.74, 6) is 0.548. The molecule has 0 bridgehead atoms. The van der Waals surface area contributed by atoms with Crippen molar-refractivity contribution in [2.45, 2.75) is 19.9 Å². The molecular formula is C16H22FN5. The molecule has 2 aromatic rings. The molecule has 1 aromatic carbocycles. The zero-order valence-corrected chi connectivity index (χ0v) is 13.2. The maximum Gasteiger partial charge on any atom is 0.191 e. The van der Waals surface area contributed by atoms with E-state index in [0.717, 1.165) is 35.6 Å². The van der Waals surface area contributed by atoms with E-state index >= 15 is 0 Å². The van der Waals surface area contributed by atoms with Crippen LogP contribution in [-0.2, 0) is 20.0 Å². The number of hydrogen-bond donors (Lipinski definition) is 2. The van der Waals surface area contributed by atoms with Crippen molar-refractivity contribution in [3.8, 4) is 0 Å². The summed E-state index contributed by atoms with van der Waals surface area (Å²) in [6.07, 6.45) is 4.60. The molecule has 0 unspecified atom stereocenters. The van der Waals surface area contributed by atoms with Crippen LogP contribution < -0.4 is 10.6 Å². The van der Waals surface area contributed by atoms with Gasteiger partial charge in [-0.3, -0.25) is 9.67 Å². The standard InChI is InChI=1S/C16H22FN5/c1-12-8-15(17)5-4-14(12)6-7-19-16(18-2)20-9-13-10-21-22(3)11-13/h4-5,8,10-11H,6-7,9H2,1-3H3,(H2,18,19,20). The SMILES string of the molecule is CN=C(NCCc1ccc(F)cc1C)NCc1cnn(C)c1. The smallest absolute Gasteiger partial charge is 0.191 e. The lowest BCUT2D eigenvalue weighted by molar-refractivity contribution is 0.625. The molecule has 0 aliphatic rings. The van der Waals surface area contributed by atoms with Gasteiger partial charge in [0.1, 0.15) is 5.82 Å². The van der Waals surface area contributed by atoms with Gasteiger partial charge in [-0.1, -0.05) is 6.07 Å². The lowest BCUT2D eigenvalue weighted by atomic mass is 10.1. The van der Waals surface area contributed by atoms with Crippen molar-refractivity contribution >= 4 is 5.96 Å². The summed E-state index contributed by atoms with van der Waals surface area (Å²) in [6, 6.07) is 4.89. The lowest BCUT2D eigenvalue weighted by Crippen LogP contribution is -2.37. The first-order valence-corrected chi connectivity index (χ1v) is 7.25. The van der Waals surface area contributed by atoms with E-state index in [2.05, 4.69) is 20.7 Å². The molecular weight excluding hydrogens is 281 g/mol. The number of nitrogens with one attached hydrogen (secondary N) is 2. The van der Waals surface area contributed by atoms with Crippen molar-refractivity contribution in [2.75, 3.05) is 13.6 Å². The number of halogens is 1. The van der Waals surface area contributed by atoms with Gasteiger partial charge >= 0.3 is 0 Å². The summed E-state index contributed by atoms with van der Waals surface area (Å²) < 4.78 is 14.8. The Morgan fingerprint density at radius 1 is 1.36 bits per heavy atom. The van der Waals surface area contributed by atoms with Gasteiger partial charge in [0.25, 0.3) is 0 Å². The zero-order chi connectivity index (χ0) is 15.9. The van der Waals surface area contributed by atoms with E-state index in [4.69, 9.17) is 0 Å². The molecule has 0 saturated carbocycles. The number of rotatable bonds is 5. The van der Waals surface area contributed by atoms with Crippen molar-refractivity contribution in [2.24, 2.45) is 12.0 Å². The quantitative estimate of drug-likeness (QED) is 0.654. The Morgan fingerprint density at radius 2 is 2.18 bits per heavy atom. The van der Waals surface area contributed by atoms with E-state index in [1.165, 1.54) is 6.07 Å². The highest BCUT2D eigenvalue weighted by Gasteiger charge is 2.02. The largest absolute Gasteiger partial charge is 0.356 e. The van der Waals surface area contributed by atoms with Crippen LogP contribution in [0.25, 0.3) is 0 Å². The highest BCUT2D eigenvalue weighted by molar-refractivity contribution is 5.79. The fourth-order valence-electron chi connectivity index (χ4n) is 2.22. The molecule has 0 amide bonds. The summed E-state index contributed by atoms with van der Waals surface area (Å²) in [6.45, 7) is 3.33. The molecule has 0 fully saturated rings. The first-order chi connectivity index (χ1) is 10.6. The van der Waals surface area contributed by atoms with Gasteiger partial charge in [-0.15, -0.1) is 0 Å². The topological polar surface area (TPSA) is 54.2 Å². The number of benzene rings is 1. The first-order valence-electron chi connectivity index (χ1n) is 7.25. The summed E-state index contributed by atoms with van der Waals surface area (Å²) in [5, 5.41) is 10.6. The predicted octanol–water partition coefficient (Wildman–Crippen LogP) is 1.78. The van der Waals surface area contributed by atoms with Crippen molar-refractivity contribution in [3.63, 3.8) is 0 Å². The zero-order valence-electron chi connectivity index (χ0n) is 13.2. The molecule has 118 valence electrons. The Kier molecular flexibility index (Phi) is 5.52. The third kappa shape index (κ3) is 4.58. The average molecular weight is 303 g/mol. The monoisotopic (exact) mass is 303 g/mol. The molecule has 0 radical (unpaired) electrons. The minimum atomic E-state index is -0.192. The molecule has 0 aliphatic heterocycles. The molecule has 22 heavy (non-hydrogen) atoms. The third-order valence-corrected chi connectivity index (χ3v) is 3.43. The summed E-state index contributed by atoms with van der Waals surface area (Å²) in [4.78, 5) is 4.18. The highest BCUT2D eigenvalue weighted by Crippen LogP contribution is 2.10. The Bertz CT molecular complexity index is 648. The molecule has 0 atom stereocenters. The minimum Gasteiger partial charge on any atom is -0.356 e. The normalized spacial score (nSPS) is 11.5. The van der Waals surface area contributed by atoms with Gasteiger partial charge in [0.15, 0.2) is 5.96 Å². The van der Waals surface area contributed by atoms with Gasteiger partial charge in [0.05, 0.1) is 6.20 Å². The van der Waals surface area contributed by atoms with E-state index in [1.807, 2.05) is 32.4 Å². The van der Waals surface area contributed by atoms with Crippen LogP contribution in [0, 0.1) is 12.7 Å². The van der Waals surface area contributed by atoms with Gasteiger partial charge in [-0.25, -0.2) is 4.39 Å². The third-order valence-electron chi connectivity index (χ3n) is 3.43. The molecule has 2 rings (SSSR count). The Morgan fingerprint density at radius 3 is 2.82 bits per heavy atom. The molecule has 1 aromatic heterocycles. The van der Waals surface area contributed by atoms with Crippen LogP contribution in [0.15, 0.2) is 35.6 Å². The number of aryl methyl sites for hydroxylation is 2. The maximum atomic E-state index is 13.1. The van der Waals surface area contributed by atoms with Crippen molar-refractivity contribution < 1.29 is 4.39 Å². The van der Waals surface area contributed by atoms with E-state index in [0.29, 0.717) is 6.54 Å². The molecule has 0 spiro atoms. The van der Waals surface area contributed by atoms with Crippen molar-refractivity contribution in [1.82, 2.24) is 20.4 Å². The molecule has 2 N–H and O–H groups in total. The number of guanidine groups is 1. The van der Waals surface area contributed by atoms with E-state index < -0.39 is 0 Å². The lowest BCUT2D eigenvalue weighted by Gasteiger charge is -2.12. The Labute approximate surface area is 130 Å². The van der Waals surface area contributed by atoms with Crippen molar-refractivity contribution in [1.29, 1.82) is 0 Å². The fourth-order valence-corrected chi connectivity index (χ4v) is 2.22. The first kappa shape index (κ1) is 16.0. The van der Waals surface area contributed by atoms with Gasteiger partial charge in [-0.05, 0) is 36.6 Å². The minimum absolute atomic E-state index is 0.192. The van der Waals surface area contributed by atoms with Crippen LogP contribution in [0.5, 0.6) is 0 Å². The second-order valence-electron chi connectivity index (χ2n) is 5.20. The molecule has 0 saturated heterocycles. The number of nitrogens with zero attached hydrogens (tertiary/aromatic N) is 3. The van der Waals surface area contributed by atoms with Crippen LogP contribution in [0.2, 0.25) is 0 Å². The number of aromatic nitrogens is 2. The average Bonchev–Trinajstić information content (AvgIpc) is 2.90. The van der Waals surface area contributed by atoms with E-state index in [9.17, 15) is 4.39 Å². The second kappa shape index (κ2) is 7.59.